The van der Waals surface area contributed by atoms with Gasteiger partial charge in [-0.15, -0.1) is 0 Å². The van der Waals surface area contributed by atoms with Crippen LogP contribution in [0, 0.1) is 5.92 Å². The molecule has 0 amide bonds. The van der Waals surface area contributed by atoms with Gasteiger partial charge in [-0.2, -0.15) is 13.2 Å². The van der Waals surface area contributed by atoms with Gasteiger partial charge in [0.25, 0.3) is 0 Å². The lowest BCUT2D eigenvalue weighted by Crippen LogP contribution is -2.36. The van der Waals surface area contributed by atoms with Crippen LogP contribution in [0.4, 0.5) is 24.5 Å². The first-order valence-corrected chi connectivity index (χ1v) is 5.52. The minimum atomic E-state index is -4.76. The molecule has 1 atom stereocenters. The Labute approximate surface area is 108 Å². The lowest BCUT2D eigenvalue weighted by Gasteiger charge is -2.18. The second-order valence-corrected chi connectivity index (χ2v) is 4.25. The number of carboxylic acid groups (broad SMARTS) is 1. The highest BCUT2D eigenvalue weighted by atomic mass is 19.4. The molecule has 0 fully saturated rings. The molecule has 106 valence electrons. The van der Waals surface area contributed by atoms with E-state index in [0.29, 0.717) is 5.69 Å². The number of hydrogen-bond acceptors (Lipinski definition) is 3. The Hall–Kier alpha value is -1.92. The van der Waals surface area contributed by atoms with Gasteiger partial charge in [-0.1, -0.05) is 0 Å². The average molecular weight is 276 g/mol. The van der Waals surface area contributed by atoms with E-state index in [0.717, 1.165) is 5.69 Å². The SMILES string of the molecule is CN(C)c1ccc(NCC(C(=O)O)C(F)(F)F)cc1. The van der Waals surface area contributed by atoms with Crippen LogP contribution >= 0.6 is 0 Å². The molecule has 0 saturated carbocycles. The molecule has 0 aromatic heterocycles. The first-order valence-electron chi connectivity index (χ1n) is 5.52. The van der Waals surface area contributed by atoms with Gasteiger partial charge in [0.15, 0.2) is 5.92 Å². The third-order valence-electron chi connectivity index (χ3n) is 2.59. The van der Waals surface area contributed by atoms with Crippen molar-refractivity contribution in [2.45, 2.75) is 6.18 Å². The normalized spacial score (nSPS) is 12.9. The summed E-state index contributed by atoms with van der Waals surface area (Å²) in [6.45, 7) is -0.694. The largest absolute Gasteiger partial charge is 0.481 e. The molecule has 0 heterocycles. The van der Waals surface area contributed by atoms with Gasteiger partial charge in [-0.25, -0.2) is 0 Å². The van der Waals surface area contributed by atoms with Crippen LogP contribution in [0.15, 0.2) is 24.3 Å². The summed E-state index contributed by atoms with van der Waals surface area (Å²) in [5.41, 5.74) is 1.34. The summed E-state index contributed by atoms with van der Waals surface area (Å²) in [6, 6.07) is 6.66. The average Bonchev–Trinajstić information content (AvgIpc) is 2.27. The molecular formula is C12H15F3N2O2. The number of nitrogens with zero attached hydrogens (tertiary/aromatic N) is 1. The number of carboxylic acids is 1. The van der Waals surface area contributed by atoms with Gasteiger partial charge in [-0.05, 0) is 24.3 Å². The highest BCUT2D eigenvalue weighted by Crippen LogP contribution is 2.27. The molecule has 0 aliphatic rings. The van der Waals surface area contributed by atoms with Gasteiger partial charge in [0, 0.05) is 32.0 Å². The van der Waals surface area contributed by atoms with Gasteiger partial charge in [0.05, 0.1) is 0 Å². The number of hydrogen-bond donors (Lipinski definition) is 2. The molecule has 19 heavy (non-hydrogen) atoms. The molecule has 1 aromatic rings. The molecule has 1 rings (SSSR count). The second-order valence-electron chi connectivity index (χ2n) is 4.25. The van der Waals surface area contributed by atoms with E-state index in [1.54, 1.807) is 24.3 Å². The number of halogens is 3. The fourth-order valence-corrected chi connectivity index (χ4v) is 1.44. The number of benzene rings is 1. The van der Waals surface area contributed by atoms with Crippen molar-refractivity contribution in [3.05, 3.63) is 24.3 Å². The minimum Gasteiger partial charge on any atom is -0.481 e. The van der Waals surface area contributed by atoms with Crippen molar-refractivity contribution in [1.29, 1.82) is 0 Å². The number of alkyl halides is 3. The third kappa shape index (κ3) is 4.35. The second kappa shape index (κ2) is 5.81. The maximum atomic E-state index is 12.4. The quantitative estimate of drug-likeness (QED) is 0.867. The van der Waals surface area contributed by atoms with Crippen LogP contribution in [0.25, 0.3) is 0 Å². The first kappa shape index (κ1) is 15.1. The molecule has 7 heteroatoms. The van der Waals surface area contributed by atoms with Crippen LogP contribution in [-0.4, -0.2) is 37.9 Å². The van der Waals surface area contributed by atoms with Gasteiger partial charge in [0.2, 0.25) is 0 Å². The number of anilines is 2. The van der Waals surface area contributed by atoms with Crippen LogP contribution in [0.5, 0.6) is 0 Å². The fraction of sp³-hybridized carbons (Fsp3) is 0.417. The summed E-state index contributed by atoms with van der Waals surface area (Å²) in [7, 11) is 3.68. The molecule has 1 unspecified atom stereocenters. The Morgan fingerprint density at radius 3 is 2.21 bits per heavy atom. The maximum absolute atomic E-state index is 12.4. The fourth-order valence-electron chi connectivity index (χ4n) is 1.44. The van der Waals surface area contributed by atoms with E-state index in [-0.39, 0.29) is 0 Å². The molecule has 0 radical (unpaired) electrons. The first-order chi connectivity index (χ1) is 8.71. The Morgan fingerprint density at radius 1 is 1.32 bits per heavy atom. The van der Waals surface area contributed by atoms with Gasteiger partial charge >= 0.3 is 12.1 Å². The van der Waals surface area contributed by atoms with Gasteiger partial charge in [-0.3, -0.25) is 4.79 Å². The van der Waals surface area contributed by atoms with E-state index in [1.165, 1.54) is 0 Å². The zero-order valence-corrected chi connectivity index (χ0v) is 10.5. The van der Waals surface area contributed by atoms with E-state index < -0.39 is 24.6 Å². The summed E-state index contributed by atoms with van der Waals surface area (Å²) >= 11 is 0. The highest BCUT2D eigenvalue weighted by Gasteiger charge is 2.44. The zero-order valence-electron chi connectivity index (χ0n) is 10.5. The van der Waals surface area contributed by atoms with Crippen LogP contribution < -0.4 is 10.2 Å². The maximum Gasteiger partial charge on any atom is 0.403 e. The summed E-state index contributed by atoms with van der Waals surface area (Å²) in [6.07, 6.45) is -4.76. The van der Waals surface area contributed by atoms with Crippen molar-refractivity contribution in [1.82, 2.24) is 0 Å². The molecule has 0 aliphatic carbocycles. The summed E-state index contributed by atoms with van der Waals surface area (Å²) in [4.78, 5) is 12.4. The van der Waals surface area contributed by atoms with Crippen molar-refractivity contribution in [3.8, 4) is 0 Å². The molecule has 0 spiro atoms. The Kier molecular flexibility index (Phi) is 4.63. The van der Waals surface area contributed by atoms with Crippen molar-refractivity contribution >= 4 is 17.3 Å². The van der Waals surface area contributed by atoms with Crippen LogP contribution in [-0.2, 0) is 4.79 Å². The van der Waals surface area contributed by atoms with E-state index in [2.05, 4.69) is 5.32 Å². The predicted octanol–water partition coefficient (Wildman–Crippen LogP) is 2.43. The topological polar surface area (TPSA) is 52.6 Å². The van der Waals surface area contributed by atoms with Crippen LogP contribution in [0.2, 0.25) is 0 Å². The van der Waals surface area contributed by atoms with Crippen molar-refractivity contribution in [2.75, 3.05) is 30.9 Å². The van der Waals surface area contributed by atoms with E-state index in [1.807, 2.05) is 19.0 Å². The molecular weight excluding hydrogens is 261 g/mol. The zero-order chi connectivity index (χ0) is 14.6. The molecule has 0 saturated heterocycles. The molecule has 2 N–H and O–H groups in total. The van der Waals surface area contributed by atoms with Gasteiger partial charge < -0.3 is 15.3 Å². The highest BCUT2D eigenvalue weighted by molar-refractivity contribution is 5.72. The van der Waals surface area contributed by atoms with Gasteiger partial charge in [0.1, 0.15) is 0 Å². The standard InChI is InChI=1S/C12H15F3N2O2/c1-17(2)9-5-3-8(4-6-9)16-7-10(11(18)19)12(13,14)15/h3-6,10,16H,7H2,1-2H3,(H,18,19). The Morgan fingerprint density at radius 2 is 1.84 bits per heavy atom. The molecule has 1 aromatic carbocycles. The van der Waals surface area contributed by atoms with Crippen molar-refractivity contribution in [3.63, 3.8) is 0 Å². The minimum absolute atomic E-state index is 0.445. The van der Waals surface area contributed by atoms with E-state index in [9.17, 15) is 18.0 Å². The summed E-state index contributed by atoms with van der Waals surface area (Å²) in [5, 5.41) is 11.0. The van der Waals surface area contributed by atoms with E-state index >= 15 is 0 Å². The molecule has 0 aliphatic heterocycles. The number of nitrogens with one attached hydrogen (secondary N) is 1. The monoisotopic (exact) mass is 276 g/mol. The lowest BCUT2D eigenvalue weighted by molar-refractivity contribution is -0.190. The Balaban J connectivity index is 2.67. The number of rotatable bonds is 5. The summed E-state index contributed by atoms with van der Waals surface area (Å²) in [5.74, 6) is -4.30. The summed E-state index contributed by atoms with van der Waals surface area (Å²) < 4.78 is 37.2. The lowest BCUT2D eigenvalue weighted by atomic mass is 10.1. The number of aliphatic carboxylic acids is 1. The molecule has 0 bridgehead atoms. The van der Waals surface area contributed by atoms with Crippen LogP contribution in [0.1, 0.15) is 0 Å². The van der Waals surface area contributed by atoms with Crippen LogP contribution in [0.3, 0.4) is 0 Å². The Bertz CT molecular complexity index is 430. The van der Waals surface area contributed by atoms with E-state index in [4.69, 9.17) is 5.11 Å². The third-order valence-corrected chi connectivity index (χ3v) is 2.59. The van der Waals surface area contributed by atoms with Crippen molar-refractivity contribution in [2.24, 2.45) is 5.92 Å². The van der Waals surface area contributed by atoms with Crippen molar-refractivity contribution < 1.29 is 23.1 Å². The predicted molar refractivity (Wildman–Crippen MR) is 66.4 cm³/mol. The smallest absolute Gasteiger partial charge is 0.403 e. The number of carbonyl (C=O) groups is 1. The molecule has 4 nitrogen and oxygen atoms in total.